The molecule has 28 heavy (non-hydrogen) atoms. The molecule has 1 aromatic heterocycles. The van der Waals surface area contributed by atoms with Crippen molar-refractivity contribution < 1.29 is 18.9 Å². The third kappa shape index (κ3) is 2.30. The number of nitrogens with zero attached hydrogens (tertiary/aromatic N) is 2. The van der Waals surface area contributed by atoms with Crippen LogP contribution in [0.1, 0.15) is 0 Å². The molecule has 1 aliphatic rings. The van der Waals surface area contributed by atoms with Gasteiger partial charge in [0.1, 0.15) is 5.82 Å². The highest BCUT2D eigenvalue weighted by atomic mass is 16.7. The van der Waals surface area contributed by atoms with E-state index in [0.29, 0.717) is 11.5 Å². The topological polar surface area (TPSA) is 53.1 Å². The van der Waals surface area contributed by atoms with E-state index in [1.54, 1.807) is 14.2 Å². The van der Waals surface area contributed by atoms with Gasteiger partial charge in [0.25, 0.3) is 0 Å². The van der Waals surface area contributed by atoms with Crippen LogP contribution in [0.2, 0.25) is 0 Å². The summed E-state index contributed by atoms with van der Waals surface area (Å²) in [6, 6.07) is 12.2. The number of fused-ring (bicyclic) bond motifs is 6. The molecule has 3 aromatic carbocycles. The average molecular weight is 376 g/mol. The molecule has 0 bridgehead atoms. The molecule has 4 aromatic rings. The third-order valence-corrected chi connectivity index (χ3v) is 5.18. The first kappa shape index (κ1) is 16.7. The fraction of sp³-hybridized carbons (Fsp3) is 0.227. The van der Waals surface area contributed by atoms with Crippen LogP contribution < -0.4 is 23.8 Å². The lowest BCUT2D eigenvalue weighted by atomic mass is 10.00. The first-order valence-corrected chi connectivity index (χ1v) is 9.00. The van der Waals surface area contributed by atoms with Gasteiger partial charge in [-0.25, -0.2) is 4.98 Å². The predicted molar refractivity (Wildman–Crippen MR) is 110 cm³/mol. The second kappa shape index (κ2) is 6.05. The Morgan fingerprint density at radius 3 is 2.18 bits per heavy atom. The van der Waals surface area contributed by atoms with E-state index in [9.17, 15) is 0 Å². The molecule has 0 unspecified atom stereocenters. The van der Waals surface area contributed by atoms with Gasteiger partial charge in [0.15, 0.2) is 23.0 Å². The molecule has 0 fully saturated rings. The molecule has 0 atom stereocenters. The van der Waals surface area contributed by atoms with E-state index in [1.165, 1.54) is 0 Å². The number of ether oxygens (including phenoxy) is 4. The van der Waals surface area contributed by atoms with Gasteiger partial charge in [-0.1, -0.05) is 12.1 Å². The second-order valence-electron chi connectivity index (χ2n) is 6.97. The molecule has 0 spiro atoms. The summed E-state index contributed by atoms with van der Waals surface area (Å²) in [6.07, 6.45) is 0. The largest absolute Gasteiger partial charge is 0.493 e. The molecular formula is C22H20N2O4. The van der Waals surface area contributed by atoms with E-state index in [4.69, 9.17) is 23.9 Å². The SMILES string of the molecule is COc1cc2c(N(C)C)nc3c4cc5c(cc4ccc3c2cc1OC)OCO5. The predicted octanol–water partition coefficient (Wildman–Crippen LogP) is 4.35. The highest BCUT2D eigenvalue weighted by molar-refractivity contribution is 6.18. The van der Waals surface area contributed by atoms with Gasteiger partial charge in [0.05, 0.1) is 19.7 Å². The number of aromatic nitrogens is 1. The number of anilines is 1. The van der Waals surface area contributed by atoms with Crippen molar-refractivity contribution in [1.29, 1.82) is 0 Å². The molecule has 0 N–H and O–H groups in total. The van der Waals surface area contributed by atoms with Gasteiger partial charge in [-0.2, -0.15) is 0 Å². The zero-order valence-electron chi connectivity index (χ0n) is 16.2. The quantitative estimate of drug-likeness (QED) is 0.496. The van der Waals surface area contributed by atoms with Crippen LogP contribution in [-0.4, -0.2) is 40.1 Å². The van der Waals surface area contributed by atoms with Crippen molar-refractivity contribution in [3.63, 3.8) is 0 Å². The van der Waals surface area contributed by atoms with Crippen LogP contribution in [0.15, 0.2) is 36.4 Å². The first-order valence-electron chi connectivity index (χ1n) is 9.00. The first-order chi connectivity index (χ1) is 13.6. The maximum absolute atomic E-state index is 5.59. The number of hydrogen-bond acceptors (Lipinski definition) is 6. The number of rotatable bonds is 3. The summed E-state index contributed by atoms with van der Waals surface area (Å²) in [4.78, 5) is 7.03. The van der Waals surface area contributed by atoms with Crippen molar-refractivity contribution in [2.75, 3.05) is 40.0 Å². The van der Waals surface area contributed by atoms with E-state index in [-0.39, 0.29) is 6.79 Å². The lowest BCUT2D eigenvalue weighted by molar-refractivity contribution is 0.174. The molecule has 5 rings (SSSR count). The Morgan fingerprint density at radius 1 is 0.821 bits per heavy atom. The molecule has 142 valence electrons. The van der Waals surface area contributed by atoms with Crippen molar-refractivity contribution >= 4 is 38.3 Å². The maximum Gasteiger partial charge on any atom is 0.231 e. The second-order valence-corrected chi connectivity index (χ2v) is 6.97. The number of hydrogen-bond donors (Lipinski definition) is 0. The smallest absolute Gasteiger partial charge is 0.231 e. The fourth-order valence-corrected chi connectivity index (χ4v) is 3.83. The molecule has 0 aliphatic carbocycles. The molecule has 0 saturated heterocycles. The Bertz CT molecular complexity index is 1250. The van der Waals surface area contributed by atoms with Crippen LogP contribution in [0.25, 0.3) is 32.4 Å². The van der Waals surface area contributed by atoms with E-state index >= 15 is 0 Å². The van der Waals surface area contributed by atoms with E-state index < -0.39 is 0 Å². The van der Waals surface area contributed by atoms with E-state index in [0.717, 1.165) is 49.8 Å². The molecule has 0 saturated carbocycles. The molecule has 0 radical (unpaired) electrons. The van der Waals surface area contributed by atoms with Crippen LogP contribution in [0.3, 0.4) is 0 Å². The Labute approximate surface area is 162 Å². The number of benzene rings is 3. The molecule has 2 heterocycles. The highest BCUT2D eigenvalue weighted by Gasteiger charge is 2.19. The van der Waals surface area contributed by atoms with Gasteiger partial charge >= 0.3 is 0 Å². The minimum absolute atomic E-state index is 0.250. The molecule has 6 nitrogen and oxygen atoms in total. The number of pyridine rings is 1. The zero-order chi connectivity index (χ0) is 19.4. The van der Waals surface area contributed by atoms with Crippen LogP contribution in [-0.2, 0) is 0 Å². The van der Waals surface area contributed by atoms with Crippen LogP contribution in [0.4, 0.5) is 5.82 Å². The third-order valence-electron chi connectivity index (χ3n) is 5.18. The lowest BCUT2D eigenvalue weighted by Gasteiger charge is -2.19. The summed E-state index contributed by atoms with van der Waals surface area (Å²) in [5.41, 5.74) is 0.916. The summed E-state index contributed by atoms with van der Waals surface area (Å²) in [5.74, 6) is 3.77. The lowest BCUT2D eigenvalue weighted by Crippen LogP contribution is -2.11. The minimum Gasteiger partial charge on any atom is -0.493 e. The summed E-state index contributed by atoms with van der Waals surface area (Å²) >= 11 is 0. The molecular weight excluding hydrogens is 356 g/mol. The highest BCUT2D eigenvalue weighted by Crippen LogP contribution is 2.43. The number of methoxy groups -OCH3 is 2. The van der Waals surface area contributed by atoms with Crippen LogP contribution >= 0.6 is 0 Å². The summed E-state index contributed by atoms with van der Waals surface area (Å²) in [6.45, 7) is 0.250. The molecule has 0 amide bonds. The Hall–Kier alpha value is -3.41. The average Bonchev–Trinajstić information content (AvgIpc) is 3.17. The van der Waals surface area contributed by atoms with Crippen molar-refractivity contribution in [1.82, 2.24) is 4.98 Å². The Morgan fingerprint density at radius 2 is 1.50 bits per heavy atom. The Balaban J connectivity index is 1.95. The minimum atomic E-state index is 0.250. The van der Waals surface area contributed by atoms with Crippen molar-refractivity contribution in [2.45, 2.75) is 0 Å². The van der Waals surface area contributed by atoms with Gasteiger partial charge < -0.3 is 23.8 Å². The van der Waals surface area contributed by atoms with E-state index in [2.05, 4.69) is 12.1 Å². The van der Waals surface area contributed by atoms with Crippen molar-refractivity contribution in [3.8, 4) is 23.0 Å². The van der Waals surface area contributed by atoms with E-state index in [1.807, 2.05) is 43.3 Å². The zero-order valence-corrected chi connectivity index (χ0v) is 16.2. The monoisotopic (exact) mass is 376 g/mol. The molecule has 1 aliphatic heterocycles. The van der Waals surface area contributed by atoms with Crippen molar-refractivity contribution in [2.24, 2.45) is 0 Å². The van der Waals surface area contributed by atoms with Crippen molar-refractivity contribution in [3.05, 3.63) is 36.4 Å². The van der Waals surface area contributed by atoms with Gasteiger partial charge in [-0.3, -0.25) is 0 Å². The Kier molecular flexibility index (Phi) is 3.62. The van der Waals surface area contributed by atoms with Gasteiger partial charge in [0, 0.05) is 30.3 Å². The maximum atomic E-state index is 5.59. The standard InChI is InChI=1S/C22H20N2O4/c1-24(2)22-16-10-18(26-4)17(25-3)9-15(16)13-6-5-12-7-19-20(28-11-27-19)8-14(12)21(13)23-22/h5-10H,11H2,1-4H3. The van der Waals surface area contributed by atoms with Gasteiger partial charge in [-0.15, -0.1) is 0 Å². The fourth-order valence-electron chi connectivity index (χ4n) is 3.83. The van der Waals surface area contributed by atoms with Gasteiger partial charge in [0.2, 0.25) is 6.79 Å². The van der Waals surface area contributed by atoms with Crippen LogP contribution in [0.5, 0.6) is 23.0 Å². The van der Waals surface area contributed by atoms with Crippen LogP contribution in [0, 0.1) is 0 Å². The summed E-state index contributed by atoms with van der Waals surface area (Å²) in [7, 11) is 7.27. The normalized spacial score (nSPS) is 12.7. The summed E-state index contributed by atoms with van der Waals surface area (Å²) in [5, 5.41) is 5.21. The van der Waals surface area contributed by atoms with Gasteiger partial charge in [-0.05, 0) is 35.0 Å². The summed E-state index contributed by atoms with van der Waals surface area (Å²) < 4.78 is 22.2. The molecule has 6 heteroatoms.